The Morgan fingerprint density at radius 3 is 1.60 bits per heavy atom. The van der Waals surface area contributed by atoms with Gasteiger partial charge in [0.25, 0.3) is 5.91 Å². The highest BCUT2D eigenvalue weighted by atomic mass is 32.2. The molecule has 103 heavy (non-hydrogen) atoms. The molecular weight excluding hydrogens is 1310 g/mol. The van der Waals surface area contributed by atoms with Crippen molar-refractivity contribution in [3.63, 3.8) is 0 Å². The summed E-state index contributed by atoms with van der Waals surface area (Å²) in [5.41, 5.74) is 14.4. The molecule has 7 aromatic carbocycles. The Hall–Kier alpha value is -8.43. The molecule has 0 saturated carbocycles. The Balaban J connectivity index is 0.000000116. The number of benzene rings is 7. The van der Waals surface area contributed by atoms with Crippen molar-refractivity contribution in [2.75, 3.05) is 123 Å². The van der Waals surface area contributed by atoms with E-state index in [2.05, 4.69) is 164 Å². The molecule has 7 aromatic rings. The zero-order valence-corrected chi connectivity index (χ0v) is 62.3. The fourth-order valence-corrected chi connectivity index (χ4v) is 18.7. The van der Waals surface area contributed by atoms with Crippen LogP contribution in [0.2, 0.25) is 0 Å². The van der Waals surface area contributed by atoms with Gasteiger partial charge in [-0.05, 0) is 235 Å². The van der Waals surface area contributed by atoms with Gasteiger partial charge in [-0.3, -0.25) is 23.7 Å². The minimum absolute atomic E-state index is 0.0188. The van der Waals surface area contributed by atoms with Crippen LogP contribution < -0.4 is 60.4 Å². The molecule has 5 spiro atoms. The summed E-state index contributed by atoms with van der Waals surface area (Å²) in [7, 11) is 0.377. The highest BCUT2D eigenvalue weighted by Gasteiger charge is 2.54. The molecule has 5 saturated heterocycles. The van der Waals surface area contributed by atoms with Crippen LogP contribution in [-0.4, -0.2) is 148 Å². The molecule has 0 bridgehead atoms. The molecule has 10 heterocycles. The van der Waals surface area contributed by atoms with Gasteiger partial charge in [0.05, 0.1) is 53.6 Å². The number of anilines is 5. The summed E-state index contributed by atoms with van der Waals surface area (Å²) in [5.74, 6) is 2.61. The zero-order chi connectivity index (χ0) is 72.2. The maximum absolute atomic E-state index is 13.3. The van der Waals surface area contributed by atoms with Gasteiger partial charge >= 0.3 is 0 Å². The average molecular weight is 1410 g/mol. The third kappa shape index (κ3) is 14.3. The number of aryl methyl sites for hydroxylation is 1. The minimum Gasteiger partial charge on any atom is -0.496 e. The number of aliphatic imine (C=N–C) groups is 1. The first-order valence-corrected chi connectivity index (χ1v) is 39.3. The normalized spacial score (nSPS) is 20.4. The van der Waals surface area contributed by atoms with E-state index in [1.807, 2.05) is 83.6 Å². The second kappa shape index (κ2) is 30.7. The molecule has 544 valence electrons. The third-order valence-corrected chi connectivity index (χ3v) is 24.4. The van der Waals surface area contributed by atoms with Gasteiger partial charge in [0.15, 0.2) is 0 Å². The van der Waals surface area contributed by atoms with E-state index < -0.39 is 15.6 Å². The molecule has 19 heteroatoms. The van der Waals surface area contributed by atoms with Gasteiger partial charge < -0.3 is 56.1 Å². The highest BCUT2D eigenvalue weighted by Crippen LogP contribution is 2.52. The summed E-state index contributed by atoms with van der Waals surface area (Å²) >= 11 is 0. The first-order chi connectivity index (χ1) is 49.8. The Morgan fingerprint density at radius 1 is 0.524 bits per heavy atom. The van der Waals surface area contributed by atoms with Crippen LogP contribution in [0.25, 0.3) is 0 Å². The van der Waals surface area contributed by atoms with E-state index in [0.717, 1.165) is 192 Å². The number of fused-ring (bicyclic) bond motifs is 9. The summed E-state index contributed by atoms with van der Waals surface area (Å²) in [5, 5.41) is 20.4. The van der Waals surface area contributed by atoms with Crippen molar-refractivity contribution in [1.29, 1.82) is 0 Å². The topological polar surface area (TPSA) is 201 Å². The molecular formula is C84H105N11O7S. The first kappa shape index (κ1) is 72.9. The number of methoxy groups -OCH3 is 1. The third-order valence-electron chi connectivity index (χ3n) is 23.3. The van der Waals surface area contributed by atoms with Crippen LogP contribution >= 0.6 is 0 Å². The van der Waals surface area contributed by atoms with Crippen LogP contribution in [0, 0.1) is 6.92 Å². The number of hydrogen-bond acceptors (Lipinski definition) is 14. The Kier molecular flexibility index (Phi) is 21.7. The second-order valence-electron chi connectivity index (χ2n) is 30.2. The van der Waals surface area contributed by atoms with Crippen LogP contribution in [0.5, 0.6) is 11.5 Å². The Morgan fingerprint density at radius 2 is 1.02 bits per heavy atom. The number of amides is 3. The van der Waals surface area contributed by atoms with E-state index >= 15 is 0 Å². The van der Waals surface area contributed by atoms with Crippen molar-refractivity contribution in [2.45, 2.75) is 145 Å². The molecule has 5 fully saturated rings. The fourth-order valence-electron chi connectivity index (χ4n) is 17.7. The lowest BCUT2D eigenvalue weighted by Gasteiger charge is -2.34. The first-order valence-electron chi connectivity index (χ1n) is 37.4. The predicted octanol–water partition coefficient (Wildman–Crippen LogP) is 11.5. The van der Waals surface area contributed by atoms with Crippen molar-refractivity contribution < 1.29 is 32.3 Å². The number of piperidine rings is 5. The highest BCUT2D eigenvalue weighted by molar-refractivity contribution is 7.92. The number of para-hydroxylation sites is 3. The second-order valence-corrected chi connectivity index (χ2v) is 32.1. The van der Waals surface area contributed by atoms with E-state index in [1.165, 1.54) is 46.9 Å². The lowest BCUT2D eigenvalue weighted by molar-refractivity contribution is -0.125. The minimum atomic E-state index is -3.18. The van der Waals surface area contributed by atoms with Gasteiger partial charge in [-0.15, -0.1) is 0 Å². The number of carbonyl (C=O) groups excluding carboxylic acids is 3. The number of rotatable bonds is 8. The Bertz CT molecular complexity index is 4320. The van der Waals surface area contributed by atoms with Gasteiger partial charge in [0.1, 0.15) is 17.0 Å². The molecule has 0 aliphatic carbocycles. The van der Waals surface area contributed by atoms with Gasteiger partial charge in [0, 0.05) is 77.2 Å². The number of nitrogens with one attached hydrogen (secondary N) is 6. The van der Waals surface area contributed by atoms with E-state index in [1.54, 1.807) is 16.3 Å². The van der Waals surface area contributed by atoms with Crippen molar-refractivity contribution in [2.24, 2.45) is 4.99 Å². The lowest BCUT2D eigenvalue weighted by Crippen LogP contribution is -2.52. The average Bonchev–Trinajstić information content (AvgIpc) is 1.55. The smallest absolute Gasteiger partial charge is 0.254 e. The van der Waals surface area contributed by atoms with Crippen molar-refractivity contribution in [1.82, 2.24) is 26.6 Å². The Labute approximate surface area is 610 Å². The zero-order valence-electron chi connectivity index (χ0n) is 61.5. The van der Waals surface area contributed by atoms with E-state index in [9.17, 15) is 22.8 Å². The summed E-state index contributed by atoms with van der Waals surface area (Å²) in [4.78, 5) is 50.6. The number of likely N-dealkylation sites (N-methyl/N-ethyl adjacent to an activating group) is 1. The van der Waals surface area contributed by atoms with Crippen molar-refractivity contribution in [3.8, 4) is 11.5 Å². The van der Waals surface area contributed by atoms with Crippen LogP contribution in [0.1, 0.15) is 136 Å². The van der Waals surface area contributed by atoms with E-state index in [4.69, 9.17) is 14.5 Å². The van der Waals surface area contributed by atoms with E-state index in [0.29, 0.717) is 12.0 Å². The summed E-state index contributed by atoms with van der Waals surface area (Å²) < 4.78 is 36.7. The van der Waals surface area contributed by atoms with Crippen LogP contribution in [0.4, 0.5) is 28.4 Å². The number of ether oxygens (including phenoxy) is 2. The van der Waals surface area contributed by atoms with Gasteiger partial charge in [0.2, 0.25) is 21.8 Å². The molecule has 17 rings (SSSR count). The molecule has 10 aliphatic heterocycles. The van der Waals surface area contributed by atoms with Gasteiger partial charge in [-0.1, -0.05) is 115 Å². The summed E-state index contributed by atoms with van der Waals surface area (Å²) in [6.45, 7) is 22.1. The monoisotopic (exact) mass is 1410 g/mol. The number of nitrogens with zero attached hydrogens (tertiary/aromatic N) is 5. The van der Waals surface area contributed by atoms with Gasteiger partial charge in [-0.25, -0.2) is 8.42 Å². The van der Waals surface area contributed by atoms with Crippen molar-refractivity contribution in [3.05, 3.63) is 208 Å². The number of hydrogen-bond donors (Lipinski definition) is 6. The predicted molar refractivity (Wildman–Crippen MR) is 416 cm³/mol. The quantitative estimate of drug-likeness (QED) is 0.0840. The van der Waals surface area contributed by atoms with Gasteiger partial charge in [-0.2, -0.15) is 0 Å². The molecule has 0 radical (unpaired) electrons. The molecule has 0 aromatic heterocycles. The summed E-state index contributed by atoms with van der Waals surface area (Å²) in [6.07, 6.45) is 10.7. The molecule has 0 unspecified atom stereocenters. The van der Waals surface area contributed by atoms with Crippen LogP contribution in [0.3, 0.4) is 0 Å². The lowest BCUT2D eigenvalue weighted by atomic mass is 9.74. The summed E-state index contributed by atoms with van der Waals surface area (Å²) in [6, 6.07) is 56.1. The molecule has 6 N–H and O–H groups in total. The molecule has 3 amide bonds. The maximum atomic E-state index is 13.3. The van der Waals surface area contributed by atoms with Crippen molar-refractivity contribution >= 4 is 61.9 Å². The number of sulfonamides is 1. The molecule has 18 nitrogen and oxygen atoms in total. The molecule has 10 aliphatic rings. The van der Waals surface area contributed by atoms with Crippen LogP contribution in [-0.2, 0) is 52.6 Å². The van der Waals surface area contributed by atoms with E-state index in [-0.39, 0.29) is 46.1 Å². The number of carbonyl (C=O) groups is 3. The SMILES string of the molecule is CC(C)N1C(=O)C2(CCNCC2)c2cc(NCc3ccccc3)ccc21.CN1C(=O)C2(CCNCC2)N=C(c2ccccc2)c2ccccc21.COc1cc2c(cc1C)C1(CCNCC1)C(=O)N2C(C)C.CS(=O)(=O)N1CC2(CCNCC2)c2ccccc21.c1ccc2c(c1)OCC21CCNCC1. The van der Waals surface area contributed by atoms with Crippen LogP contribution in [0.15, 0.2) is 169 Å². The maximum Gasteiger partial charge on any atom is 0.254 e. The molecule has 0 atom stereocenters. The largest absolute Gasteiger partial charge is 0.496 e. The fraction of sp³-hybridized carbons (Fsp3) is 0.452. The standard InChI is InChI=1S/C22H27N3O.C20H21N3O.C17H24N2O2.C13H18N2O2S.C12H15NO/c1-16(2)25-20-9-8-18(24-15-17-6-4-3-5-7-17)14-19(20)22(21(25)26)10-12-23-13-11-22;1-23-17-10-6-5-9-16(17)18(15-7-3-2-4-8-15)22-20(19(23)24)11-13-21-14-12-20;1-11(2)19-14-10-15(21-4)12(3)9-13(14)17(16(19)20)5-7-18-8-6-17;1-18(16,17)15-10-13(6-8-14-9-7-13)11-4-2-3-5-12(11)15;1-2-4-11-10(3-1)12(9-14-11)5-7-13-8-6-12/h3-9,14,16,23-24H,10-13,15H2,1-2H3;2-10,21H,11-14H2,1H3;9-11,18H,5-8H2,1-4H3;2-5,14H,6-10H2,1H3;1-4,13H,5-9H2.